The van der Waals surface area contributed by atoms with Crippen LogP contribution in [0.15, 0.2) is 24.3 Å². The lowest BCUT2D eigenvalue weighted by Gasteiger charge is -2.21. The van der Waals surface area contributed by atoms with Gasteiger partial charge in [-0.2, -0.15) is 0 Å². The van der Waals surface area contributed by atoms with E-state index in [0.29, 0.717) is 23.8 Å². The van der Waals surface area contributed by atoms with Crippen molar-refractivity contribution >= 4 is 35.3 Å². The number of amides is 1. The Morgan fingerprint density at radius 1 is 1.40 bits per heavy atom. The van der Waals surface area contributed by atoms with Crippen molar-refractivity contribution in [1.29, 1.82) is 0 Å². The SMILES string of the molecule is CC1(CN)CCN(Cc2nnc(C(=O)Nc3ccc(F)cc3)s2)C1.Cl. The Kier molecular flexibility index (Phi) is 6.45. The molecule has 9 heteroatoms. The van der Waals surface area contributed by atoms with Crippen LogP contribution in [0.1, 0.15) is 28.2 Å². The maximum atomic E-state index is 12.9. The molecule has 3 N–H and O–H groups in total. The van der Waals surface area contributed by atoms with Gasteiger partial charge in [0.1, 0.15) is 10.8 Å². The summed E-state index contributed by atoms with van der Waals surface area (Å²) in [5.74, 6) is -0.681. The zero-order valence-corrected chi connectivity index (χ0v) is 15.5. The predicted octanol–water partition coefficient (Wildman–Crippen LogP) is 2.52. The van der Waals surface area contributed by atoms with Crippen LogP contribution in [0.5, 0.6) is 0 Å². The van der Waals surface area contributed by atoms with Gasteiger partial charge in [-0.15, -0.1) is 22.6 Å². The number of anilines is 1. The number of aromatic nitrogens is 2. The molecule has 6 nitrogen and oxygen atoms in total. The quantitative estimate of drug-likeness (QED) is 0.826. The third-order valence-electron chi connectivity index (χ3n) is 4.25. The molecule has 1 unspecified atom stereocenters. The second-order valence-electron chi connectivity index (χ2n) is 6.44. The highest BCUT2D eigenvalue weighted by Crippen LogP contribution is 2.29. The highest BCUT2D eigenvalue weighted by atomic mass is 35.5. The number of nitrogens with zero attached hydrogens (tertiary/aromatic N) is 3. The van der Waals surface area contributed by atoms with Crippen LogP contribution in [0.4, 0.5) is 10.1 Å². The molecule has 1 aliphatic rings. The molecule has 1 atom stereocenters. The summed E-state index contributed by atoms with van der Waals surface area (Å²) in [6.45, 7) is 5.45. The van der Waals surface area contributed by atoms with E-state index in [0.717, 1.165) is 24.5 Å². The zero-order valence-electron chi connectivity index (χ0n) is 13.9. The van der Waals surface area contributed by atoms with Gasteiger partial charge in [0.05, 0.1) is 6.54 Å². The molecule has 0 spiro atoms. The van der Waals surface area contributed by atoms with E-state index >= 15 is 0 Å². The van der Waals surface area contributed by atoms with E-state index in [4.69, 9.17) is 5.73 Å². The lowest BCUT2D eigenvalue weighted by atomic mass is 9.90. The molecular formula is C16H21ClFN5OS. The van der Waals surface area contributed by atoms with Crippen LogP contribution in [0.3, 0.4) is 0 Å². The lowest BCUT2D eigenvalue weighted by Crippen LogP contribution is -2.31. The highest BCUT2D eigenvalue weighted by molar-refractivity contribution is 7.13. The fraction of sp³-hybridized carbons (Fsp3) is 0.438. The lowest BCUT2D eigenvalue weighted by molar-refractivity contribution is 0.102. The van der Waals surface area contributed by atoms with Crippen molar-refractivity contribution in [2.24, 2.45) is 11.1 Å². The van der Waals surface area contributed by atoms with E-state index in [2.05, 4.69) is 27.3 Å². The summed E-state index contributed by atoms with van der Waals surface area (Å²) in [5.41, 5.74) is 6.51. The maximum Gasteiger partial charge on any atom is 0.286 e. The van der Waals surface area contributed by atoms with E-state index in [-0.39, 0.29) is 29.5 Å². The Morgan fingerprint density at radius 3 is 2.76 bits per heavy atom. The molecule has 1 saturated heterocycles. The molecule has 1 aromatic heterocycles. The molecule has 1 aromatic carbocycles. The molecule has 2 heterocycles. The van der Waals surface area contributed by atoms with Crippen LogP contribution < -0.4 is 11.1 Å². The van der Waals surface area contributed by atoms with E-state index in [1.807, 2.05) is 0 Å². The van der Waals surface area contributed by atoms with E-state index < -0.39 is 0 Å². The average molecular weight is 386 g/mol. The van der Waals surface area contributed by atoms with Crippen LogP contribution in [0, 0.1) is 11.2 Å². The van der Waals surface area contributed by atoms with Crippen molar-refractivity contribution in [2.45, 2.75) is 19.9 Å². The Bertz CT molecular complexity index is 726. The molecule has 3 rings (SSSR count). The summed E-state index contributed by atoms with van der Waals surface area (Å²) in [6.07, 6.45) is 1.07. The highest BCUT2D eigenvalue weighted by Gasteiger charge is 2.32. The summed E-state index contributed by atoms with van der Waals surface area (Å²) in [4.78, 5) is 14.5. The van der Waals surface area contributed by atoms with Crippen LogP contribution in [-0.2, 0) is 6.54 Å². The van der Waals surface area contributed by atoms with Crippen molar-refractivity contribution in [3.05, 3.63) is 40.1 Å². The van der Waals surface area contributed by atoms with Crippen LogP contribution in [0.25, 0.3) is 0 Å². The van der Waals surface area contributed by atoms with Crippen molar-refractivity contribution in [2.75, 3.05) is 25.0 Å². The Labute approximate surface area is 156 Å². The van der Waals surface area contributed by atoms with Gasteiger partial charge in [-0.1, -0.05) is 18.3 Å². The largest absolute Gasteiger partial charge is 0.330 e. The maximum absolute atomic E-state index is 12.9. The third kappa shape index (κ3) is 4.94. The molecule has 136 valence electrons. The van der Waals surface area contributed by atoms with Gasteiger partial charge in [-0.3, -0.25) is 9.69 Å². The summed E-state index contributed by atoms with van der Waals surface area (Å²) in [6, 6.07) is 5.60. The second-order valence-corrected chi connectivity index (χ2v) is 7.50. The number of halogens is 2. The number of carbonyl (C=O) groups is 1. The van der Waals surface area contributed by atoms with E-state index in [9.17, 15) is 9.18 Å². The first-order chi connectivity index (χ1) is 11.5. The van der Waals surface area contributed by atoms with E-state index in [1.165, 1.54) is 35.6 Å². The first-order valence-electron chi connectivity index (χ1n) is 7.79. The summed E-state index contributed by atoms with van der Waals surface area (Å²) in [7, 11) is 0. The van der Waals surface area contributed by atoms with E-state index in [1.54, 1.807) is 0 Å². The summed E-state index contributed by atoms with van der Waals surface area (Å²) in [5, 5.41) is 11.9. The Hall–Kier alpha value is -1.61. The van der Waals surface area contributed by atoms with Gasteiger partial charge in [-0.25, -0.2) is 4.39 Å². The first-order valence-corrected chi connectivity index (χ1v) is 8.61. The number of carbonyl (C=O) groups excluding carboxylic acids is 1. The molecule has 1 fully saturated rings. The molecule has 1 amide bonds. The first kappa shape index (κ1) is 19.7. The van der Waals surface area contributed by atoms with Crippen molar-refractivity contribution in [3.8, 4) is 0 Å². The topological polar surface area (TPSA) is 84.1 Å². The van der Waals surface area contributed by atoms with Crippen LogP contribution in [0.2, 0.25) is 0 Å². The number of hydrogen-bond donors (Lipinski definition) is 2. The normalized spacial score (nSPS) is 20.3. The van der Waals surface area contributed by atoms with Crippen molar-refractivity contribution in [3.63, 3.8) is 0 Å². The number of nitrogens with one attached hydrogen (secondary N) is 1. The second kappa shape index (κ2) is 8.18. The molecule has 2 aromatic rings. The van der Waals surface area contributed by atoms with Gasteiger partial charge < -0.3 is 11.1 Å². The average Bonchev–Trinajstić information content (AvgIpc) is 3.18. The Balaban J connectivity index is 0.00000225. The van der Waals surface area contributed by atoms with Crippen molar-refractivity contribution in [1.82, 2.24) is 15.1 Å². The summed E-state index contributed by atoms with van der Waals surface area (Å²) < 4.78 is 12.9. The number of likely N-dealkylation sites (tertiary alicyclic amines) is 1. The van der Waals surface area contributed by atoms with Crippen molar-refractivity contribution < 1.29 is 9.18 Å². The smallest absolute Gasteiger partial charge is 0.286 e. The molecular weight excluding hydrogens is 365 g/mol. The van der Waals surface area contributed by atoms with Crippen LogP contribution in [-0.4, -0.2) is 40.6 Å². The Morgan fingerprint density at radius 2 is 2.12 bits per heavy atom. The fourth-order valence-corrected chi connectivity index (χ4v) is 3.52. The number of rotatable bonds is 5. The minimum Gasteiger partial charge on any atom is -0.330 e. The van der Waals surface area contributed by atoms with Gasteiger partial charge in [-0.05, 0) is 49.2 Å². The number of benzene rings is 1. The number of hydrogen-bond acceptors (Lipinski definition) is 6. The minimum absolute atomic E-state index is 0. The molecule has 0 saturated carbocycles. The molecule has 25 heavy (non-hydrogen) atoms. The standard InChI is InChI=1S/C16H20FN5OS.ClH/c1-16(9-18)6-7-22(10-16)8-13-20-21-15(24-13)14(23)19-12-4-2-11(17)3-5-12;/h2-5H,6-10,18H2,1H3,(H,19,23);1H. The van der Waals surface area contributed by atoms with Gasteiger partial charge in [0.15, 0.2) is 0 Å². The zero-order chi connectivity index (χ0) is 17.2. The molecule has 0 radical (unpaired) electrons. The molecule has 1 aliphatic heterocycles. The fourth-order valence-electron chi connectivity index (χ4n) is 2.75. The van der Waals surface area contributed by atoms with Gasteiger partial charge in [0.25, 0.3) is 5.91 Å². The summed E-state index contributed by atoms with van der Waals surface area (Å²) >= 11 is 1.28. The van der Waals surface area contributed by atoms with Gasteiger partial charge >= 0.3 is 0 Å². The monoisotopic (exact) mass is 385 g/mol. The van der Waals surface area contributed by atoms with Crippen LogP contribution >= 0.6 is 23.7 Å². The van der Waals surface area contributed by atoms with Gasteiger partial charge in [0, 0.05) is 12.2 Å². The third-order valence-corrected chi connectivity index (χ3v) is 5.16. The molecule has 0 bridgehead atoms. The predicted molar refractivity (Wildman–Crippen MR) is 98.6 cm³/mol. The minimum atomic E-state index is -0.346. The molecule has 0 aliphatic carbocycles. The number of nitrogens with two attached hydrogens (primary N) is 1. The van der Waals surface area contributed by atoms with Gasteiger partial charge in [0.2, 0.25) is 5.01 Å².